The summed E-state index contributed by atoms with van der Waals surface area (Å²) in [7, 11) is 0. The Morgan fingerprint density at radius 2 is 2.00 bits per heavy atom. The van der Waals surface area contributed by atoms with Crippen LogP contribution in [0.4, 0.5) is 0 Å². The highest BCUT2D eigenvalue weighted by Gasteiger charge is 2.53. The summed E-state index contributed by atoms with van der Waals surface area (Å²) in [6.07, 6.45) is 3.89. The molecule has 0 aromatic heterocycles. The van der Waals surface area contributed by atoms with Gasteiger partial charge in [-0.15, -0.1) is 0 Å². The van der Waals surface area contributed by atoms with Gasteiger partial charge in [-0.2, -0.15) is 0 Å². The molecular formula is C14H24N2O. The highest BCUT2D eigenvalue weighted by Crippen LogP contribution is 2.44. The van der Waals surface area contributed by atoms with E-state index in [9.17, 15) is 4.79 Å². The SMILES string of the molecule is CCCN1CC2C3CCN(CC3)C2C1C(C)=O. The van der Waals surface area contributed by atoms with Crippen LogP contribution in [0.3, 0.4) is 0 Å². The molecule has 0 spiro atoms. The number of Topliss-reactive ketones (excluding diaryl/α,β-unsaturated/α-hetero) is 1. The lowest BCUT2D eigenvalue weighted by Gasteiger charge is -2.49. The number of hydrogen-bond donors (Lipinski definition) is 0. The van der Waals surface area contributed by atoms with Crippen LogP contribution in [-0.2, 0) is 4.79 Å². The molecule has 4 aliphatic heterocycles. The zero-order valence-corrected chi connectivity index (χ0v) is 11.1. The van der Waals surface area contributed by atoms with Crippen molar-refractivity contribution in [3.05, 3.63) is 0 Å². The minimum Gasteiger partial charge on any atom is -0.298 e. The van der Waals surface area contributed by atoms with Gasteiger partial charge in [-0.1, -0.05) is 6.92 Å². The zero-order valence-electron chi connectivity index (χ0n) is 11.1. The van der Waals surface area contributed by atoms with Gasteiger partial charge in [0.2, 0.25) is 0 Å². The molecule has 0 aromatic carbocycles. The first kappa shape index (κ1) is 11.7. The summed E-state index contributed by atoms with van der Waals surface area (Å²) in [6.45, 7) is 8.74. The van der Waals surface area contributed by atoms with Crippen LogP contribution in [0.1, 0.15) is 33.1 Å². The maximum absolute atomic E-state index is 12.0. The van der Waals surface area contributed by atoms with Crippen molar-refractivity contribution in [3.8, 4) is 0 Å². The summed E-state index contributed by atoms with van der Waals surface area (Å²) < 4.78 is 0. The van der Waals surface area contributed by atoms with E-state index in [1.165, 1.54) is 32.5 Å². The van der Waals surface area contributed by atoms with Crippen LogP contribution in [0.2, 0.25) is 0 Å². The van der Waals surface area contributed by atoms with Crippen molar-refractivity contribution in [1.82, 2.24) is 9.80 Å². The van der Waals surface area contributed by atoms with Gasteiger partial charge in [0.15, 0.2) is 0 Å². The van der Waals surface area contributed by atoms with Gasteiger partial charge in [-0.05, 0) is 57.7 Å². The fourth-order valence-electron chi connectivity index (χ4n) is 4.50. The lowest BCUT2D eigenvalue weighted by molar-refractivity contribution is -0.124. The van der Waals surface area contributed by atoms with E-state index in [4.69, 9.17) is 0 Å². The number of likely N-dealkylation sites (tertiary alicyclic amines) is 1. The molecule has 4 saturated heterocycles. The van der Waals surface area contributed by atoms with Gasteiger partial charge in [-0.25, -0.2) is 0 Å². The summed E-state index contributed by atoms with van der Waals surface area (Å²) >= 11 is 0. The highest BCUT2D eigenvalue weighted by molar-refractivity contribution is 5.83. The molecule has 17 heavy (non-hydrogen) atoms. The Kier molecular flexibility index (Phi) is 2.99. The molecule has 0 amide bonds. The summed E-state index contributed by atoms with van der Waals surface area (Å²) in [5, 5.41) is 0. The Bertz CT molecular complexity index is 309. The molecule has 0 aliphatic carbocycles. The van der Waals surface area contributed by atoms with Crippen molar-refractivity contribution in [2.45, 2.75) is 45.2 Å². The van der Waals surface area contributed by atoms with E-state index < -0.39 is 0 Å². The van der Waals surface area contributed by atoms with Gasteiger partial charge in [0.05, 0.1) is 6.04 Å². The van der Waals surface area contributed by atoms with Crippen molar-refractivity contribution in [3.63, 3.8) is 0 Å². The number of carbonyl (C=O) groups is 1. The molecule has 0 saturated carbocycles. The zero-order chi connectivity index (χ0) is 12.0. The van der Waals surface area contributed by atoms with Crippen molar-refractivity contribution in [2.75, 3.05) is 26.2 Å². The predicted octanol–water partition coefficient (Wildman–Crippen LogP) is 1.38. The van der Waals surface area contributed by atoms with Gasteiger partial charge in [0.25, 0.3) is 0 Å². The summed E-state index contributed by atoms with van der Waals surface area (Å²) in [6, 6.07) is 0.745. The molecule has 3 nitrogen and oxygen atoms in total. The van der Waals surface area contributed by atoms with Crippen LogP contribution < -0.4 is 0 Å². The van der Waals surface area contributed by atoms with Crippen LogP contribution in [0.15, 0.2) is 0 Å². The van der Waals surface area contributed by atoms with Gasteiger partial charge in [0, 0.05) is 12.6 Å². The monoisotopic (exact) mass is 236 g/mol. The van der Waals surface area contributed by atoms with E-state index in [2.05, 4.69) is 16.7 Å². The Labute approximate surface area is 104 Å². The minimum atomic E-state index is 0.197. The molecule has 3 heteroatoms. The third-order valence-corrected chi connectivity index (χ3v) is 5.13. The molecule has 96 valence electrons. The van der Waals surface area contributed by atoms with E-state index >= 15 is 0 Å². The molecule has 0 N–H and O–H groups in total. The third-order valence-electron chi connectivity index (χ3n) is 5.13. The van der Waals surface area contributed by atoms with Crippen molar-refractivity contribution in [1.29, 1.82) is 0 Å². The van der Waals surface area contributed by atoms with Gasteiger partial charge >= 0.3 is 0 Å². The predicted molar refractivity (Wildman–Crippen MR) is 67.9 cm³/mol. The number of carbonyl (C=O) groups excluding carboxylic acids is 1. The first-order valence-corrected chi connectivity index (χ1v) is 7.21. The van der Waals surface area contributed by atoms with E-state index in [1.807, 2.05) is 0 Å². The molecule has 3 atom stereocenters. The topological polar surface area (TPSA) is 23.6 Å². The molecule has 4 heterocycles. The summed E-state index contributed by atoms with van der Waals surface area (Å²) in [4.78, 5) is 17.1. The van der Waals surface area contributed by atoms with Crippen LogP contribution in [-0.4, -0.2) is 53.8 Å². The molecule has 4 rings (SSSR count). The van der Waals surface area contributed by atoms with Gasteiger partial charge < -0.3 is 0 Å². The average Bonchev–Trinajstić information content (AvgIpc) is 2.71. The van der Waals surface area contributed by atoms with Crippen LogP contribution >= 0.6 is 0 Å². The standard InChI is InChI=1S/C14H24N2O/c1-3-6-16-9-12-11-4-7-15(8-5-11)14(12)13(16)10(2)17/h11-14H,3-9H2,1-2H3. The fourth-order valence-corrected chi connectivity index (χ4v) is 4.50. The number of hydrogen-bond acceptors (Lipinski definition) is 3. The second-order valence-electron chi connectivity index (χ2n) is 6.08. The summed E-state index contributed by atoms with van der Waals surface area (Å²) in [5.41, 5.74) is 0. The van der Waals surface area contributed by atoms with Crippen molar-refractivity contribution < 1.29 is 4.79 Å². The van der Waals surface area contributed by atoms with Gasteiger partial charge in [-0.3, -0.25) is 14.6 Å². The molecule has 2 bridgehead atoms. The molecule has 3 unspecified atom stereocenters. The van der Waals surface area contributed by atoms with Crippen molar-refractivity contribution in [2.24, 2.45) is 11.8 Å². The van der Waals surface area contributed by atoms with Crippen molar-refractivity contribution >= 4 is 5.78 Å². The number of fused-ring (bicyclic) bond motifs is 2. The van der Waals surface area contributed by atoms with Crippen LogP contribution in [0, 0.1) is 11.8 Å². The maximum atomic E-state index is 12.0. The second kappa shape index (κ2) is 4.36. The number of nitrogens with zero attached hydrogens (tertiary/aromatic N) is 2. The molecule has 4 fully saturated rings. The number of rotatable bonds is 3. The minimum absolute atomic E-state index is 0.197. The fraction of sp³-hybridized carbons (Fsp3) is 0.929. The molecule has 0 radical (unpaired) electrons. The van der Waals surface area contributed by atoms with Crippen LogP contribution in [0.25, 0.3) is 0 Å². The Hall–Kier alpha value is -0.410. The first-order chi connectivity index (χ1) is 8.22. The molecule has 0 aromatic rings. The number of piperidine rings is 3. The average molecular weight is 236 g/mol. The smallest absolute Gasteiger partial charge is 0.148 e. The first-order valence-electron chi connectivity index (χ1n) is 7.21. The van der Waals surface area contributed by atoms with E-state index in [1.54, 1.807) is 6.92 Å². The lowest BCUT2D eigenvalue weighted by atomic mass is 9.73. The summed E-state index contributed by atoms with van der Waals surface area (Å²) in [5.74, 6) is 2.06. The molecule has 4 aliphatic rings. The van der Waals surface area contributed by atoms with E-state index in [0.717, 1.165) is 24.8 Å². The maximum Gasteiger partial charge on any atom is 0.148 e. The second-order valence-corrected chi connectivity index (χ2v) is 6.08. The lowest BCUT2D eigenvalue weighted by Crippen LogP contribution is -2.58. The van der Waals surface area contributed by atoms with E-state index in [0.29, 0.717) is 11.8 Å². The highest BCUT2D eigenvalue weighted by atomic mass is 16.1. The Balaban J connectivity index is 1.86. The Morgan fingerprint density at radius 1 is 1.29 bits per heavy atom. The Morgan fingerprint density at radius 3 is 2.59 bits per heavy atom. The van der Waals surface area contributed by atoms with E-state index in [-0.39, 0.29) is 6.04 Å². The van der Waals surface area contributed by atoms with Crippen LogP contribution in [0.5, 0.6) is 0 Å². The largest absolute Gasteiger partial charge is 0.298 e. The molecular weight excluding hydrogens is 212 g/mol. The quantitative estimate of drug-likeness (QED) is 0.739. The van der Waals surface area contributed by atoms with Gasteiger partial charge in [0.1, 0.15) is 5.78 Å². The number of ketones is 1. The normalized spacial score (nSPS) is 44.9. The third kappa shape index (κ3) is 1.75.